The first-order valence-electron chi connectivity index (χ1n) is 8.61. The number of nitrogens with zero attached hydrogens (tertiary/aromatic N) is 3. The highest BCUT2D eigenvalue weighted by Gasteiger charge is 2.34. The van der Waals surface area contributed by atoms with Crippen LogP contribution in [0.5, 0.6) is 5.75 Å². The molecule has 0 aliphatic carbocycles. The number of para-hydroxylation sites is 2. The number of fused-ring (bicyclic) bond motifs is 2. The number of anilines is 1. The third-order valence-electron chi connectivity index (χ3n) is 4.58. The van der Waals surface area contributed by atoms with Crippen molar-refractivity contribution < 1.29 is 27.5 Å². The van der Waals surface area contributed by atoms with Crippen LogP contribution in [0, 0.1) is 0 Å². The third kappa shape index (κ3) is 3.37. The summed E-state index contributed by atoms with van der Waals surface area (Å²) in [5.74, 6) is -0.700. The topological polar surface area (TPSA) is 75.9 Å². The summed E-state index contributed by atoms with van der Waals surface area (Å²) in [5, 5.41) is 2.50. The Labute approximate surface area is 162 Å². The zero-order valence-corrected chi connectivity index (χ0v) is 15.1. The van der Waals surface area contributed by atoms with Gasteiger partial charge >= 0.3 is 6.18 Å². The molecule has 0 saturated carbocycles. The van der Waals surface area contributed by atoms with Gasteiger partial charge in [-0.05, 0) is 24.3 Å². The number of ether oxygens (including phenoxy) is 1. The van der Waals surface area contributed by atoms with Gasteiger partial charge in [-0.3, -0.25) is 14.0 Å². The molecule has 0 saturated heterocycles. The quantitative estimate of drug-likeness (QED) is 0.712. The number of benzene rings is 1. The van der Waals surface area contributed by atoms with E-state index < -0.39 is 29.7 Å². The molecule has 10 heteroatoms. The molecule has 1 aliphatic rings. The predicted molar refractivity (Wildman–Crippen MR) is 96.8 cm³/mol. The molecule has 3 heterocycles. The lowest BCUT2D eigenvalue weighted by Gasteiger charge is -2.20. The molecule has 0 radical (unpaired) electrons. The highest BCUT2D eigenvalue weighted by molar-refractivity contribution is 6.02. The lowest BCUT2D eigenvalue weighted by molar-refractivity contribution is -0.142. The summed E-state index contributed by atoms with van der Waals surface area (Å²) in [4.78, 5) is 30.6. The first-order chi connectivity index (χ1) is 13.8. The van der Waals surface area contributed by atoms with Gasteiger partial charge in [-0.1, -0.05) is 18.2 Å². The van der Waals surface area contributed by atoms with Gasteiger partial charge in [0.05, 0.1) is 5.69 Å². The number of halogens is 3. The molecule has 1 unspecified atom stereocenters. The normalized spacial score (nSPS) is 16.9. The molecule has 7 nitrogen and oxygen atoms in total. The van der Waals surface area contributed by atoms with Crippen LogP contribution in [-0.4, -0.2) is 40.9 Å². The second-order valence-electron chi connectivity index (χ2n) is 6.47. The van der Waals surface area contributed by atoms with Crippen LogP contribution >= 0.6 is 0 Å². The monoisotopic (exact) mass is 404 g/mol. The predicted octanol–water partition coefficient (Wildman–Crippen LogP) is 2.51. The van der Waals surface area contributed by atoms with Crippen molar-refractivity contribution in [2.75, 3.05) is 18.6 Å². The molecule has 1 aliphatic heterocycles. The van der Waals surface area contributed by atoms with E-state index in [1.54, 1.807) is 31.3 Å². The van der Waals surface area contributed by atoms with Crippen molar-refractivity contribution in [1.82, 2.24) is 14.7 Å². The molecule has 1 aromatic carbocycles. The van der Waals surface area contributed by atoms with E-state index in [0.29, 0.717) is 11.4 Å². The van der Waals surface area contributed by atoms with E-state index in [2.05, 4.69) is 10.3 Å². The molecular weight excluding hydrogens is 389 g/mol. The van der Waals surface area contributed by atoms with E-state index in [9.17, 15) is 22.8 Å². The standard InChI is InChI=1S/C19H15F3N4O3/c1-25-13-5-2-3-6-14(13)29-10-12(18(25)28)24-17(27)11-9-26-15(19(20,21)22)7-4-8-16(26)23-11/h2-9,12H,10H2,1H3,(H,24,27). The number of hydrogen-bond donors (Lipinski definition) is 1. The average molecular weight is 404 g/mol. The van der Waals surface area contributed by atoms with Crippen LogP contribution in [0.3, 0.4) is 0 Å². The molecule has 0 bridgehead atoms. The van der Waals surface area contributed by atoms with Crippen LogP contribution in [-0.2, 0) is 11.0 Å². The van der Waals surface area contributed by atoms with Gasteiger partial charge in [-0.2, -0.15) is 13.2 Å². The van der Waals surface area contributed by atoms with Crippen LogP contribution in [0.4, 0.5) is 18.9 Å². The number of likely N-dealkylation sites (N-methyl/N-ethyl adjacent to an activating group) is 1. The minimum absolute atomic E-state index is 0.0297. The second kappa shape index (κ2) is 6.80. The molecule has 0 spiro atoms. The number of carbonyl (C=O) groups excluding carboxylic acids is 2. The lowest BCUT2D eigenvalue weighted by Crippen LogP contribution is -2.49. The fourth-order valence-corrected chi connectivity index (χ4v) is 3.14. The molecule has 1 atom stereocenters. The largest absolute Gasteiger partial charge is 0.489 e. The van der Waals surface area contributed by atoms with Gasteiger partial charge in [0.2, 0.25) is 0 Å². The molecule has 3 aromatic rings. The van der Waals surface area contributed by atoms with Crippen molar-refractivity contribution >= 4 is 23.1 Å². The Balaban J connectivity index is 1.59. The van der Waals surface area contributed by atoms with E-state index in [1.165, 1.54) is 17.0 Å². The average Bonchev–Trinajstić information content (AvgIpc) is 3.09. The minimum atomic E-state index is -4.60. The van der Waals surface area contributed by atoms with Crippen LogP contribution in [0.2, 0.25) is 0 Å². The molecule has 1 N–H and O–H groups in total. The van der Waals surface area contributed by atoms with Crippen molar-refractivity contribution in [3.05, 3.63) is 60.0 Å². The van der Waals surface area contributed by atoms with Crippen molar-refractivity contribution in [3.8, 4) is 5.75 Å². The van der Waals surface area contributed by atoms with Crippen molar-refractivity contribution in [3.63, 3.8) is 0 Å². The van der Waals surface area contributed by atoms with E-state index >= 15 is 0 Å². The highest BCUT2D eigenvalue weighted by Crippen LogP contribution is 2.31. The van der Waals surface area contributed by atoms with Crippen molar-refractivity contribution in [2.24, 2.45) is 0 Å². The number of rotatable bonds is 2. The van der Waals surface area contributed by atoms with E-state index in [0.717, 1.165) is 16.7 Å². The second-order valence-corrected chi connectivity index (χ2v) is 6.47. The maximum Gasteiger partial charge on any atom is 0.431 e. The Morgan fingerprint density at radius 1 is 1.21 bits per heavy atom. The SMILES string of the molecule is CN1C(=O)C(NC(=O)c2cn3c(C(F)(F)F)cccc3n2)COc2ccccc21. The Hall–Kier alpha value is -3.56. The van der Waals surface area contributed by atoms with Gasteiger partial charge in [0.1, 0.15) is 35.4 Å². The van der Waals surface area contributed by atoms with E-state index in [4.69, 9.17) is 4.74 Å². The summed E-state index contributed by atoms with van der Waals surface area (Å²) in [5.41, 5.74) is -0.667. The third-order valence-corrected chi connectivity index (χ3v) is 4.58. The Bertz CT molecular complexity index is 1110. The van der Waals surface area contributed by atoms with Gasteiger partial charge in [0.15, 0.2) is 0 Å². The Morgan fingerprint density at radius 2 is 1.97 bits per heavy atom. The summed E-state index contributed by atoms with van der Waals surface area (Å²) in [6, 6.07) is 9.35. The van der Waals surface area contributed by atoms with E-state index in [1.807, 2.05) is 0 Å². The fraction of sp³-hybridized carbons (Fsp3) is 0.211. The molecule has 4 rings (SSSR count). The summed E-state index contributed by atoms with van der Waals surface area (Å²) < 4.78 is 45.9. The van der Waals surface area contributed by atoms with E-state index in [-0.39, 0.29) is 17.9 Å². The molecule has 2 amide bonds. The highest BCUT2D eigenvalue weighted by atomic mass is 19.4. The number of aromatic nitrogens is 2. The Morgan fingerprint density at radius 3 is 2.72 bits per heavy atom. The van der Waals surface area contributed by atoms with Gasteiger partial charge < -0.3 is 15.0 Å². The fourth-order valence-electron chi connectivity index (χ4n) is 3.14. The summed E-state index contributed by atoms with van der Waals surface area (Å²) in [6.07, 6.45) is -3.61. The minimum Gasteiger partial charge on any atom is -0.489 e. The van der Waals surface area contributed by atoms with Gasteiger partial charge in [0, 0.05) is 13.2 Å². The number of carbonyl (C=O) groups is 2. The summed E-state index contributed by atoms with van der Waals surface area (Å²) in [7, 11) is 1.55. The lowest BCUT2D eigenvalue weighted by atomic mass is 10.2. The van der Waals surface area contributed by atoms with Gasteiger partial charge in [-0.25, -0.2) is 4.98 Å². The molecule has 0 fully saturated rings. The molecular formula is C19H15F3N4O3. The van der Waals surface area contributed by atoms with Crippen molar-refractivity contribution in [1.29, 1.82) is 0 Å². The maximum atomic E-state index is 13.2. The zero-order chi connectivity index (χ0) is 20.8. The van der Waals surface area contributed by atoms with Crippen LogP contribution < -0.4 is 15.0 Å². The van der Waals surface area contributed by atoms with Crippen LogP contribution in [0.1, 0.15) is 16.2 Å². The first kappa shape index (κ1) is 18.8. The molecule has 2 aromatic heterocycles. The maximum absolute atomic E-state index is 13.2. The van der Waals surface area contributed by atoms with Crippen molar-refractivity contribution in [2.45, 2.75) is 12.2 Å². The van der Waals surface area contributed by atoms with Gasteiger partial charge in [0.25, 0.3) is 11.8 Å². The summed E-state index contributed by atoms with van der Waals surface area (Å²) in [6.45, 7) is -0.118. The van der Waals surface area contributed by atoms with Crippen LogP contribution in [0.25, 0.3) is 5.65 Å². The smallest absolute Gasteiger partial charge is 0.431 e. The number of alkyl halides is 3. The molecule has 29 heavy (non-hydrogen) atoms. The zero-order valence-electron chi connectivity index (χ0n) is 15.1. The first-order valence-corrected chi connectivity index (χ1v) is 8.61. The van der Waals surface area contributed by atoms with Crippen LogP contribution in [0.15, 0.2) is 48.7 Å². The number of imidazole rings is 1. The molecule has 150 valence electrons. The number of pyridine rings is 1. The Kier molecular flexibility index (Phi) is 4.40. The number of amides is 2. The number of nitrogens with one attached hydrogen (secondary N) is 1. The summed E-state index contributed by atoms with van der Waals surface area (Å²) >= 11 is 0. The van der Waals surface area contributed by atoms with Gasteiger partial charge in [-0.15, -0.1) is 0 Å². The number of hydrogen-bond acceptors (Lipinski definition) is 4.